The summed E-state index contributed by atoms with van der Waals surface area (Å²) in [4.78, 5) is 0. The fourth-order valence-corrected chi connectivity index (χ4v) is 2.20. The monoisotopic (exact) mass is 281 g/mol. The highest BCUT2D eigenvalue weighted by atomic mass is 19.1. The van der Waals surface area contributed by atoms with E-state index in [9.17, 15) is 4.39 Å². The minimum absolute atomic E-state index is 0.271. The number of benzene rings is 1. The Hall–Kier alpha value is -1.09. The first-order valence-corrected chi connectivity index (χ1v) is 7.51. The molecule has 3 heteroatoms. The van der Waals surface area contributed by atoms with Gasteiger partial charge in [-0.25, -0.2) is 4.39 Å². The molecule has 0 aliphatic rings. The first-order chi connectivity index (χ1) is 9.48. The van der Waals surface area contributed by atoms with E-state index in [-0.39, 0.29) is 11.2 Å². The molecule has 1 N–H and O–H groups in total. The Morgan fingerprint density at radius 3 is 2.55 bits per heavy atom. The van der Waals surface area contributed by atoms with Crippen LogP contribution in [0.4, 0.5) is 4.39 Å². The summed E-state index contributed by atoms with van der Waals surface area (Å²) in [6.07, 6.45) is 4.28. The summed E-state index contributed by atoms with van der Waals surface area (Å²) in [5.41, 5.74) is 1.31. The van der Waals surface area contributed by atoms with E-state index in [4.69, 9.17) is 4.74 Å². The van der Waals surface area contributed by atoms with E-state index in [1.54, 1.807) is 12.1 Å². The lowest BCUT2D eigenvalue weighted by atomic mass is 9.83. The molecule has 0 aliphatic heterocycles. The summed E-state index contributed by atoms with van der Waals surface area (Å²) in [5, 5.41) is 3.44. The molecule has 20 heavy (non-hydrogen) atoms. The largest absolute Gasteiger partial charge is 0.494 e. The van der Waals surface area contributed by atoms with Gasteiger partial charge in [-0.15, -0.1) is 0 Å². The van der Waals surface area contributed by atoms with Crippen molar-refractivity contribution >= 4 is 0 Å². The van der Waals surface area contributed by atoms with Crippen LogP contribution in [0.1, 0.15) is 45.6 Å². The number of methoxy groups -OCH3 is 1. The van der Waals surface area contributed by atoms with Crippen molar-refractivity contribution in [3.63, 3.8) is 0 Å². The maximum atomic E-state index is 13.6. The Bertz CT molecular complexity index is 404. The topological polar surface area (TPSA) is 21.3 Å². The van der Waals surface area contributed by atoms with Crippen molar-refractivity contribution in [2.75, 3.05) is 20.2 Å². The van der Waals surface area contributed by atoms with Gasteiger partial charge in [-0.2, -0.15) is 0 Å². The molecule has 114 valence electrons. The second kappa shape index (κ2) is 8.25. The van der Waals surface area contributed by atoms with Crippen molar-refractivity contribution < 1.29 is 9.13 Å². The third kappa shape index (κ3) is 5.91. The van der Waals surface area contributed by atoms with Gasteiger partial charge in [0.2, 0.25) is 0 Å². The summed E-state index contributed by atoms with van der Waals surface area (Å²) in [6, 6.07) is 5.25. The molecular weight excluding hydrogens is 253 g/mol. The molecule has 0 unspecified atom stereocenters. The zero-order valence-electron chi connectivity index (χ0n) is 13.3. The predicted molar refractivity (Wildman–Crippen MR) is 82.8 cm³/mol. The molecule has 1 rings (SSSR count). The van der Waals surface area contributed by atoms with Crippen LogP contribution in [0.15, 0.2) is 18.2 Å². The Labute approximate surface area is 122 Å². The first-order valence-electron chi connectivity index (χ1n) is 7.51. The molecule has 0 spiro atoms. The van der Waals surface area contributed by atoms with Crippen molar-refractivity contribution in [1.29, 1.82) is 0 Å². The van der Waals surface area contributed by atoms with Crippen LogP contribution in [-0.2, 0) is 6.42 Å². The molecule has 0 amide bonds. The molecule has 1 aromatic carbocycles. The third-order valence-electron chi connectivity index (χ3n) is 3.71. The van der Waals surface area contributed by atoms with Gasteiger partial charge >= 0.3 is 0 Å². The van der Waals surface area contributed by atoms with Crippen molar-refractivity contribution in [1.82, 2.24) is 5.32 Å². The normalized spacial score (nSPS) is 11.7. The molecule has 0 fully saturated rings. The van der Waals surface area contributed by atoms with Crippen molar-refractivity contribution in [2.45, 2.75) is 46.5 Å². The quantitative estimate of drug-likeness (QED) is 0.686. The maximum absolute atomic E-state index is 13.6. The van der Waals surface area contributed by atoms with E-state index in [2.05, 4.69) is 26.1 Å². The number of nitrogens with one attached hydrogen (secondary N) is 1. The smallest absolute Gasteiger partial charge is 0.165 e. The van der Waals surface area contributed by atoms with Gasteiger partial charge in [-0.3, -0.25) is 0 Å². The van der Waals surface area contributed by atoms with E-state index in [0.717, 1.165) is 37.9 Å². The molecule has 0 saturated carbocycles. The number of halogens is 1. The molecule has 0 radical (unpaired) electrons. The van der Waals surface area contributed by atoms with E-state index in [1.807, 2.05) is 6.07 Å². The molecule has 0 heterocycles. The zero-order valence-corrected chi connectivity index (χ0v) is 13.3. The fourth-order valence-electron chi connectivity index (χ4n) is 2.20. The average molecular weight is 281 g/mol. The number of hydrogen-bond acceptors (Lipinski definition) is 2. The minimum atomic E-state index is -0.271. The van der Waals surface area contributed by atoms with E-state index < -0.39 is 0 Å². The highest BCUT2D eigenvalue weighted by molar-refractivity contribution is 5.29. The van der Waals surface area contributed by atoms with E-state index in [0.29, 0.717) is 5.75 Å². The minimum Gasteiger partial charge on any atom is -0.494 e. The second-order valence-electron chi connectivity index (χ2n) is 6.13. The van der Waals surface area contributed by atoms with Crippen LogP contribution in [0, 0.1) is 11.2 Å². The highest BCUT2D eigenvalue weighted by Gasteiger charge is 2.17. The first kappa shape index (κ1) is 17.0. The number of ether oxygens (including phenoxy) is 1. The lowest BCUT2D eigenvalue weighted by Gasteiger charge is -2.25. The van der Waals surface area contributed by atoms with Crippen molar-refractivity contribution in [3.05, 3.63) is 29.6 Å². The molecule has 1 aromatic rings. The van der Waals surface area contributed by atoms with Crippen LogP contribution >= 0.6 is 0 Å². The molecular formula is C17H28FNO. The standard InChI is InChI=1S/C17H28FNO/c1-5-11-19-12-10-17(2,3)9-8-14-6-7-16(20-4)15(18)13-14/h6-7,13,19H,5,8-12H2,1-4H3. The lowest BCUT2D eigenvalue weighted by Crippen LogP contribution is -2.23. The number of rotatable bonds is 9. The predicted octanol–water partition coefficient (Wildman–Crippen LogP) is 4.18. The van der Waals surface area contributed by atoms with Crippen LogP contribution < -0.4 is 10.1 Å². The van der Waals surface area contributed by atoms with Gasteiger partial charge in [0.05, 0.1) is 7.11 Å². The summed E-state index contributed by atoms with van der Waals surface area (Å²) >= 11 is 0. The summed E-state index contributed by atoms with van der Waals surface area (Å²) in [7, 11) is 1.49. The van der Waals surface area contributed by atoms with Crippen LogP contribution in [0.25, 0.3) is 0 Å². The average Bonchev–Trinajstić information content (AvgIpc) is 2.42. The van der Waals surface area contributed by atoms with E-state index >= 15 is 0 Å². The van der Waals surface area contributed by atoms with Crippen LogP contribution in [0.2, 0.25) is 0 Å². The van der Waals surface area contributed by atoms with Gasteiger partial charge in [0.15, 0.2) is 11.6 Å². The second-order valence-corrected chi connectivity index (χ2v) is 6.13. The van der Waals surface area contributed by atoms with Crippen LogP contribution in [0.3, 0.4) is 0 Å². The maximum Gasteiger partial charge on any atom is 0.165 e. The zero-order chi connectivity index (χ0) is 15.0. The van der Waals surface area contributed by atoms with Crippen molar-refractivity contribution in [3.8, 4) is 5.75 Å². The van der Waals surface area contributed by atoms with E-state index in [1.165, 1.54) is 13.5 Å². The van der Waals surface area contributed by atoms with Gasteiger partial charge < -0.3 is 10.1 Å². The Morgan fingerprint density at radius 1 is 1.20 bits per heavy atom. The third-order valence-corrected chi connectivity index (χ3v) is 3.71. The molecule has 0 saturated heterocycles. The summed E-state index contributed by atoms with van der Waals surface area (Å²) in [5.74, 6) is 0.0456. The summed E-state index contributed by atoms with van der Waals surface area (Å²) in [6.45, 7) is 8.87. The Morgan fingerprint density at radius 2 is 1.95 bits per heavy atom. The SMILES string of the molecule is CCCNCCC(C)(C)CCc1ccc(OC)c(F)c1. The van der Waals surface area contributed by atoms with Gasteiger partial charge in [0.1, 0.15) is 0 Å². The molecule has 0 atom stereocenters. The van der Waals surface area contributed by atoms with Crippen LogP contribution in [-0.4, -0.2) is 20.2 Å². The van der Waals surface area contributed by atoms with Gasteiger partial charge in [-0.1, -0.05) is 26.8 Å². The van der Waals surface area contributed by atoms with Gasteiger partial charge in [-0.05, 0) is 61.9 Å². The lowest BCUT2D eigenvalue weighted by molar-refractivity contribution is 0.302. The molecule has 0 bridgehead atoms. The Kier molecular flexibility index (Phi) is 7.00. The van der Waals surface area contributed by atoms with Crippen LogP contribution in [0.5, 0.6) is 5.75 Å². The fraction of sp³-hybridized carbons (Fsp3) is 0.647. The number of hydrogen-bond donors (Lipinski definition) is 1. The van der Waals surface area contributed by atoms with Crippen molar-refractivity contribution in [2.24, 2.45) is 5.41 Å². The Balaban J connectivity index is 2.42. The van der Waals surface area contributed by atoms with Gasteiger partial charge in [0, 0.05) is 0 Å². The molecule has 2 nitrogen and oxygen atoms in total. The summed E-state index contributed by atoms with van der Waals surface area (Å²) < 4.78 is 18.6. The molecule has 0 aromatic heterocycles. The highest BCUT2D eigenvalue weighted by Crippen LogP contribution is 2.27. The van der Waals surface area contributed by atoms with Gasteiger partial charge in [0.25, 0.3) is 0 Å². The molecule has 0 aliphatic carbocycles. The number of aryl methyl sites for hydroxylation is 1.